The van der Waals surface area contributed by atoms with Gasteiger partial charge in [0.1, 0.15) is 0 Å². The van der Waals surface area contributed by atoms with Gasteiger partial charge in [0, 0.05) is 32.7 Å². The van der Waals surface area contributed by atoms with E-state index in [2.05, 4.69) is 31.9 Å². The molecule has 5 heteroatoms. The molecule has 3 heterocycles. The summed E-state index contributed by atoms with van der Waals surface area (Å²) in [4.78, 5) is 12.3. The Labute approximate surface area is 148 Å². The molecule has 5 nitrogen and oxygen atoms in total. The van der Waals surface area contributed by atoms with E-state index in [4.69, 9.17) is 0 Å². The zero-order valence-corrected chi connectivity index (χ0v) is 15.8. The standard InChI is InChI=1S/C19H37N5/c1-3-22-13-7-17(8-14-22)6-10-21-19(20-2)24-15-9-18(16-24)23-11-4-5-12-23/h17-18H,3-16H2,1-2H3,(H,20,21). The van der Waals surface area contributed by atoms with Crippen LogP contribution in [0, 0.1) is 5.92 Å². The molecule has 3 rings (SSSR count). The zero-order valence-electron chi connectivity index (χ0n) is 15.8. The van der Waals surface area contributed by atoms with E-state index in [0.717, 1.165) is 37.6 Å². The summed E-state index contributed by atoms with van der Waals surface area (Å²) < 4.78 is 0. The van der Waals surface area contributed by atoms with Gasteiger partial charge < -0.3 is 15.1 Å². The lowest BCUT2D eigenvalue weighted by Crippen LogP contribution is -2.43. The summed E-state index contributed by atoms with van der Waals surface area (Å²) in [5.41, 5.74) is 0. The van der Waals surface area contributed by atoms with Crippen LogP contribution in [0.5, 0.6) is 0 Å². The second-order valence-electron chi connectivity index (χ2n) is 7.77. The van der Waals surface area contributed by atoms with Gasteiger partial charge in [-0.25, -0.2) is 0 Å². The fourth-order valence-electron chi connectivity index (χ4n) is 4.65. The molecule has 0 radical (unpaired) electrons. The number of nitrogens with one attached hydrogen (secondary N) is 1. The van der Waals surface area contributed by atoms with Gasteiger partial charge in [-0.05, 0) is 77.2 Å². The number of aliphatic imine (C=N–C) groups is 1. The van der Waals surface area contributed by atoms with E-state index in [1.165, 1.54) is 71.2 Å². The second-order valence-corrected chi connectivity index (χ2v) is 7.77. The van der Waals surface area contributed by atoms with Gasteiger partial charge in [-0.1, -0.05) is 6.92 Å². The van der Waals surface area contributed by atoms with Gasteiger partial charge in [-0.3, -0.25) is 9.89 Å². The van der Waals surface area contributed by atoms with Crippen molar-refractivity contribution in [3.63, 3.8) is 0 Å². The van der Waals surface area contributed by atoms with Crippen molar-refractivity contribution in [1.82, 2.24) is 20.0 Å². The minimum absolute atomic E-state index is 0.754. The number of rotatable bonds is 5. The summed E-state index contributed by atoms with van der Waals surface area (Å²) in [5, 5.41) is 3.64. The van der Waals surface area contributed by atoms with Crippen molar-refractivity contribution in [3.05, 3.63) is 0 Å². The predicted molar refractivity (Wildman–Crippen MR) is 102 cm³/mol. The Kier molecular flexibility index (Phi) is 6.78. The predicted octanol–water partition coefficient (Wildman–Crippen LogP) is 1.85. The summed E-state index contributed by atoms with van der Waals surface area (Å²) in [6.07, 6.45) is 8.11. The van der Waals surface area contributed by atoms with E-state index in [1.807, 2.05) is 7.05 Å². The van der Waals surface area contributed by atoms with E-state index in [0.29, 0.717) is 0 Å². The first kappa shape index (κ1) is 18.0. The lowest BCUT2D eigenvalue weighted by atomic mass is 9.93. The highest BCUT2D eigenvalue weighted by molar-refractivity contribution is 5.80. The first-order chi connectivity index (χ1) is 11.8. The summed E-state index contributed by atoms with van der Waals surface area (Å²) in [6.45, 7) is 12.1. The van der Waals surface area contributed by atoms with E-state index < -0.39 is 0 Å². The van der Waals surface area contributed by atoms with Gasteiger partial charge >= 0.3 is 0 Å². The first-order valence-electron chi connectivity index (χ1n) is 10.2. The molecule has 0 aromatic rings. The Morgan fingerprint density at radius 3 is 2.46 bits per heavy atom. The van der Waals surface area contributed by atoms with Crippen LogP contribution in [-0.4, -0.2) is 86.1 Å². The van der Waals surface area contributed by atoms with Gasteiger partial charge in [-0.2, -0.15) is 0 Å². The van der Waals surface area contributed by atoms with Crippen molar-refractivity contribution in [1.29, 1.82) is 0 Å². The third-order valence-electron chi connectivity index (χ3n) is 6.32. The lowest BCUT2D eigenvalue weighted by Gasteiger charge is -2.31. The van der Waals surface area contributed by atoms with E-state index in [-0.39, 0.29) is 0 Å². The highest BCUT2D eigenvalue weighted by Crippen LogP contribution is 2.21. The van der Waals surface area contributed by atoms with Crippen molar-refractivity contribution in [2.45, 2.75) is 51.5 Å². The minimum atomic E-state index is 0.754. The second kappa shape index (κ2) is 9.04. The molecular weight excluding hydrogens is 298 g/mol. The third-order valence-corrected chi connectivity index (χ3v) is 6.32. The van der Waals surface area contributed by atoms with Crippen LogP contribution in [0.15, 0.2) is 4.99 Å². The average molecular weight is 336 g/mol. The van der Waals surface area contributed by atoms with Crippen molar-refractivity contribution >= 4 is 5.96 Å². The fraction of sp³-hybridized carbons (Fsp3) is 0.947. The number of likely N-dealkylation sites (tertiary alicyclic amines) is 3. The smallest absolute Gasteiger partial charge is 0.193 e. The largest absolute Gasteiger partial charge is 0.356 e. The van der Waals surface area contributed by atoms with Crippen LogP contribution >= 0.6 is 0 Å². The monoisotopic (exact) mass is 335 g/mol. The van der Waals surface area contributed by atoms with Crippen LogP contribution in [0.2, 0.25) is 0 Å². The van der Waals surface area contributed by atoms with Crippen LogP contribution in [0.4, 0.5) is 0 Å². The molecule has 1 unspecified atom stereocenters. The topological polar surface area (TPSA) is 34.1 Å². The van der Waals surface area contributed by atoms with Crippen LogP contribution in [0.1, 0.15) is 45.4 Å². The number of hydrogen-bond acceptors (Lipinski definition) is 3. The average Bonchev–Trinajstić information content (AvgIpc) is 3.30. The Balaban J connectivity index is 1.36. The maximum atomic E-state index is 4.54. The van der Waals surface area contributed by atoms with Crippen molar-refractivity contribution in [2.24, 2.45) is 10.9 Å². The fourth-order valence-corrected chi connectivity index (χ4v) is 4.65. The van der Waals surface area contributed by atoms with Crippen LogP contribution in [0.3, 0.4) is 0 Å². The van der Waals surface area contributed by atoms with Crippen molar-refractivity contribution < 1.29 is 0 Å². The summed E-state index contributed by atoms with van der Waals surface area (Å²) in [7, 11) is 1.94. The molecule has 24 heavy (non-hydrogen) atoms. The molecule has 0 aliphatic carbocycles. The highest BCUT2D eigenvalue weighted by Gasteiger charge is 2.30. The number of nitrogens with zero attached hydrogens (tertiary/aromatic N) is 4. The molecule has 1 atom stereocenters. The van der Waals surface area contributed by atoms with Gasteiger partial charge in [0.15, 0.2) is 5.96 Å². The van der Waals surface area contributed by atoms with E-state index >= 15 is 0 Å². The van der Waals surface area contributed by atoms with Crippen LogP contribution in [0.25, 0.3) is 0 Å². The molecule has 1 N–H and O–H groups in total. The zero-order chi connectivity index (χ0) is 16.8. The molecule has 0 amide bonds. The minimum Gasteiger partial charge on any atom is -0.356 e. The molecule has 0 aromatic carbocycles. The SMILES string of the molecule is CCN1CCC(CCNC(=NC)N2CCC(N3CCCC3)C2)CC1. The molecule has 0 bridgehead atoms. The molecule has 3 fully saturated rings. The maximum absolute atomic E-state index is 4.54. The molecule has 0 spiro atoms. The van der Waals surface area contributed by atoms with Crippen LogP contribution < -0.4 is 5.32 Å². The van der Waals surface area contributed by atoms with Gasteiger partial charge in [0.25, 0.3) is 0 Å². The van der Waals surface area contributed by atoms with Crippen molar-refractivity contribution in [3.8, 4) is 0 Å². The number of hydrogen-bond donors (Lipinski definition) is 1. The Bertz CT molecular complexity index is 397. The molecule has 0 aromatic heterocycles. The Hall–Kier alpha value is -0.810. The highest BCUT2D eigenvalue weighted by atomic mass is 15.3. The van der Waals surface area contributed by atoms with Gasteiger partial charge in [0.2, 0.25) is 0 Å². The Morgan fingerprint density at radius 1 is 1.04 bits per heavy atom. The number of piperidine rings is 1. The van der Waals surface area contributed by atoms with E-state index in [9.17, 15) is 0 Å². The molecule has 0 saturated carbocycles. The maximum Gasteiger partial charge on any atom is 0.193 e. The van der Waals surface area contributed by atoms with Gasteiger partial charge in [-0.15, -0.1) is 0 Å². The van der Waals surface area contributed by atoms with E-state index in [1.54, 1.807) is 0 Å². The third kappa shape index (κ3) is 4.63. The lowest BCUT2D eigenvalue weighted by molar-refractivity contribution is 0.187. The molecular formula is C19H37N5. The molecule has 3 aliphatic rings. The molecule has 3 aliphatic heterocycles. The summed E-state index contributed by atoms with van der Waals surface area (Å²) in [6, 6.07) is 0.754. The quantitative estimate of drug-likeness (QED) is 0.614. The van der Waals surface area contributed by atoms with Gasteiger partial charge in [0.05, 0.1) is 0 Å². The number of guanidine groups is 1. The molecule has 3 saturated heterocycles. The van der Waals surface area contributed by atoms with Crippen LogP contribution in [-0.2, 0) is 0 Å². The Morgan fingerprint density at radius 2 is 1.79 bits per heavy atom. The summed E-state index contributed by atoms with van der Waals surface area (Å²) >= 11 is 0. The van der Waals surface area contributed by atoms with Crippen molar-refractivity contribution in [2.75, 3.05) is 59.4 Å². The first-order valence-corrected chi connectivity index (χ1v) is 10.2. The summed E-state index contributed by atoms with van der Waals surface area (Å²) in [5.74, 6) is 2.03. The normalized spacial score (nSPS) is 28.0. The molecule has 138 valence electrons.